The van der Waals surface area contributed by atoms with E-state index in [0.29, 0.717) is 39.4 Å². The number of aliphatic imine (C=N–C) groups is 1. The van der Waals surface area contributed by atoms with E-state index in [1.165, 1.54) is 17.8 Å². The van der Waals surface area contributed by atoms with E-state index in [2.05, 4.69) is 4.99 Å². The number of thioether (sulfide) groups is 1. The Bertz CT molecular complexity index is 1230. The zero-order chi connectivity index (χ0) is 22.7. The number of nitro groups is 1. The van der Waals surface area contributed by atoms with Crippen LogP contribution in [0, 0.1) is 10.1 Å². The Morgan fingerprint density at radius 3 is 2.59 bits per heavy atom. The molecule has 1 aliphatic rings. The summed E-state index contributed by atoms with van der Waals surface area (Å²) in [5.74, 6) is 1.34. The third-order valence-corrected chi connectivity index (χ3v) is 5.77. The predicted octanol–water partition coefficient (Wildman–Crippen LogP) is 5.49. The van der Waals surface area contributed by atoms with Gasteiger partial charge in [-0.05, 0) is 61.2 Å². The van der Waals surface area contributed by atoms with E-state index >= 15 is 0 Å². The highest BCUT2D eigenvalue weighted by atomic mass is 32.2. The van der Waals surface area contributed by atoms with Gasteiger partial charge in [-0.25, -0.2) is 4.99 Å². The molecule has 1 saturated heterocycles. The largest absolute Gasteiger partial charge is 0.497 e. The van der Waals surface area contributed by atoms with Gasteiger partial charge in [0.15, 0.2) is 5.17 Å². The SMILES string of the molecule is CCN1C(=O)C(=Cc2ccc(-c3ccccc3[N+](=O)[O-])o2)SC1=Nc1ccc(OC)cc1. The number of nitro benzene ring substituents is 1. The molecule has 1 aliphatic heterocycles. The zero-order valence-corrected chi connectivity index (χ0v) is 18.2. The number of amidine groups is 1. The van der Waals surface area contributed by atoms with Crippen molar-refractivity contribution in [3.63, 3.8) is 0 Å². The minimum absolute atomic E-state index is 0.0431. The molecular weight excluding hydrogens is 430 g/mol. The first-order valence-electron chi connectivity index (χ1n) is 9.78. The highest BCUT2D eigenvalue weighted by Crippen LogP contribution is 2.36. The number of para-hydroxylation sites is 1. The third-order valence-electron chi connectivity index (χ3n) is 4.77. The Kier molecular flexibility index (Phi) is 6.09. The number of methoxy groups -OCH3 is 1. The molecule has 0 bridgehead atoms. The molecule has 1 aromatic heterocycles. The van der Waals surface area contributed by atoms with Crippen LogP contribution in [-0.2, 0) is 4.79 Å². The topological polar surface area (TPSA) is 98.2 Å². The number of hydrogen-bond acceptors (Lipinski definition) is 7. The van der Waals surface area contributed by atoms with Crippen LogP contribution >= 0.6 is 11.8 Å². The Hall–Kier alpha value is -3.85. The molecule has 0 atom stereocenters. The lowest BCUT2D eigenvalue weighted by Crippen LogP contribution is -2.28. The van der Waals surface area contributed by atoms with Gasteiger partial charge >= 0.3 is 0 Å². The number of rotatable bonds is 6. The third kappa shape index (κ3) is 4.28. The van der Waals surface area contributed by atoms with Crippen molar-refractivity contribution < 1.29 is 18.9 Å². The van der Waals surface area contributed by atoms with Gasteiger partial charge in [-0.15, -0.1) is 0 Å². The molecule has 2 aromatic carbocycles. The number of carbonyl (C=O) groups is 1. The second-order valence-corrected chi connectivity index (χ2v) is 7.74. The number of likely N-dealkylation sites (N-methyl/N-ethyl adjacent to an activating group) is 1. The highest BCUT2D eigenvalue weighted by molar-refractivity contribution is 8.18. The van der Waals surface area contributed by atoms with Gasteiger partial charge in [-0.1, -0.05) is 12.1 Å². The van der Waals surface area contributed by atoms with Crippen LogP contribution in [0.1, 0.15) is 12.7 Å². The summed E-state index contributed by atoms with van der Waals surface area (Å²) in [7, 11) is 1.60. The van der Waals surface area contributed by atoms with E-state index < -0.39 is 4.92 Å². The molecular formula is C23H19N3O5S. The summed E-state index contributed by atoms with van der Waals surface area (Å²) in [5.41, 5.74) is 1.04. The maximum atomic E-state index is 12.9. The molecule has 1 fully saturated rings. The van der Waals surface area contributed by atoms with E-state index in [9.17, 15) is 14.9 Å². The molecule has 0 unspecified atom stereocenters. The standard InChI is InChI=1S/C23H19N3O5S/c1-3-25-22(27)21(32-23(25)24-15-8-10-16(30-2)11-9-15)14-17-12-13-20(31-17)18-6-4-5-7-19(18)26(28)29/h4-14H,3H2,1-2H3. The normalized spacial score (nSPS) is 16.2. The van der Waals surface area contributed by atoms with Crippen molar-refractivity contribution in [3.8, 4) is 17.1 Å². The van der Waals surface area contributed by atoms with Crippen LogP contribution in [0.4, 0.5) is 11.4 Å². The molecule has 2 heterocycles. The average Bonchev–Trinajstić information content (AvgIpc) is 3.38. The zero-order valence-electron chi connectivity index (χ0n) is 17.3. The number of ether oxygens (including phenoxy) is 1. The average molecular weight is 449 g/mol. The van der Waals surface area contributed by atoms with E-state index in [1.54, 1.807) is 60.6 Å². The van der Waals surface area contributed by atoms with Gasteiger partial charge < -0.3 is 9.15 Å². The predicted molar refractivity (Wildman–Crippen MR) is 124 cm³/mol. The van der Waals surface area contributed by atoms with E-state index in [-0.39, 0.29) is 11.6 Å². The van der Waals surface area contributed by atoms with Crippen molar-refractivity contribution >= 4 is 40.3 Å². The summed E-state index contributed by atoms with van der Waals surface area (Å²) >= 11 is 1.25. The summed E-state index contributed by atoms with van der Waals surface area (Å²) in [6.45, 7) is 2.35. The molecule has 4 rings (SSSR count). The van der Waals surface area contributed by atoms with Crippen LogP contribution in [0.2, 0.25) is 0 Å². The first-order valence-corrected chi connectivity index (χ1v) is 10.6. The Labute approximate surface area is 188 Å². The second kappa shape index (κ2) is 9.11. The minimum atomic E-state index is -0.451. The summed E-state index contributed by atoms with van der Waals surface area (Å²) in [5, 5.41) is 11.9. The summed E-state index contributed by atoms with van der Waals surface area (Å²) in [6, 6.07) is 16.9. The molecule has 1 amide bonds. The van der Waals surface area contributed by atoms with Gasteiger partial charge in [0, 0.05) is 18.7 Å². The fourth-order valence-corrected chi connectivity index (χ4v) is 4.23. The number of benzene rings is 2. The first-order chi connectivity index (χ1) is 15.5. The number of hydrogen-bond donors (Lipinski definition) is 0. The highest BCUT2D eigenvalue weighted by Gasteiger charge is 2.32. The van der Waals surface area contributed by atoms with Crippen molar-refractivity contribution in [2.75, 3.05) is 13.7 Å². The van der Waals surface area contributed by atoms with Crippen molar-refractivity contribution in [1.82, 2.24) is 4.90 Å². The molecule has 8 nitrogen and oxygen atoms in total. The van der Waals surface area contributed by atoms with E-state index in [4.69, 9.17) is 9.15 Å². The van der Waals surface area contributed by atoms with Crippen molar-refractivity contribution in [3.05, 3.63) is 81.4 Å². The van der Waals surface area contributed by atoms with Gasteiger partial charge in [0.05, 0.1) is 28.2 Å². The first kappa shape index (κ1) is 21.4. The molecule has 3 aromatic rings. The molecule has 0 N–H and O–H groups in total. The maximum Gasteiger partial charge on any atom is 0.280 e. The Morgan fingerprint density at radius 1 is 1.16 bits per heavy atom. The van der Waals surface area contributed by atoms with Crippen LogP contribution < -0.4 is 4.74 Å². The molecule has 0 radical (unpaired) electrons. The van der Waals surface area contributed by atoms with Crippen LogP contribution in [0.5, 0.6) is 5.75 Å². The van der Waals surface area contributed by atoms with E-state index in [0.717, 1.165) is 5.75 Å². The van der Waals surface area contributed by atoms with Crippen molar-refractivity contribution in [2.24, 2.45) is 4.99 Å². The molecule has 32 heavy (non-hydrogen) atoms. The smallest absolute Gasteiger partial charge is 0.280 e. The maximum absolute atomic E-state index is 12.9. The number of nitrogens with zero attached hydrogens (tertiary/aromatic N) is 3. The Balaban J connectivity index is 1.62. The van der Waals surface area contributed by atoms with Crippen LogP contribution in [0.3, 0.4) is 0 Å². The lowest BCUT2D eigenvalue weighted by atomic mass is 10.1. The Morgan fingerprint density at radius 2 is 1.91 bits per heavy atom. The van der Waals surface area contributed by atoms with Gasteiger partial charge in [0.25, 0.3) is 11.6 Å². The lowest BCUT2D eigenvalue weighted by molar-refractivity contribution is -0.384. The van der Waals surface area contributed by atoms with Crippen molar-refractivity contribution in [2.45, 2.75) is 6.92 Å². The molecule has 9 heteroatoms. The van der Waals surface area contributed by atoms with Crippen LogP contribution in [0.15, 0.2) is 75.0 Å². The summed E-state index contributed by atoms with van der Waals surface area (Å²) < 4.78 is 11.0. The number of carbonyl (C=O) groups excluding carboxylic acids is 1. The van der Waals surface area contributed by atoms with Gasteiger partial charge in [-0.2, -0.15) is 0 Å². The molecule has 0 spiro atoms. The summed E-state index contributed by atoms with van der Waals surface area (Å²) in [6.07, 6.45) is 1.63. The van der Waals surface area contributed by atoms with Crippen LogP contribution in [0.25, 0.3) is 17.4 Å². The van der Waals surface area contributed by atoms with Gasteiger partial charge in [0.2, 0.25) is 0 Å². The van der Waals surface area contributed by atoms with Gasteiger partial charge in [-0.3, -0.25) is 19.8 Å². The second-order valence-electron chi connectivity index (χ2n) is 6.73. The molecule has 0 aliphatic carbocycles. The quantitative estimate of drug-likeness (QED) is 0.280. The summed E-state index contributed by atoms with van der Waals surface area (Å²) in [4.78, 5) is 30.4. The lowest BCUT2D eigenvalue weighted by Gasteiger charge is -2.12. The monoisotopic (exact) mass is 449 g/mol. The van der Waals surface area contributed by atoms with E-state index in [1.807, 2.05) is 19.1 Å². The minimum Gasteiger partial charge on any atom is -0.497 e. The van der Waals surface area contributed by atoms with Gasteiger partial charge in [0.1, 0.15) is 17.3 Å². The van der Waals surface area contributed by atoms with Crippen LogP contribution in [-0.4, -0.2) is 34.6 Å². The molecule has 162 valence electrons. The van der Waals surface area contributed by atoms with Crippen molar-refractivity contribution in [1.29, 1.82) is 0 Å². The number of amides is 1. The fourth-order valence-electron chi connectivity index (χ4n) is 3.18. The number of furan rings is 1. The fraction of sp³-hybridized carbons (Fsp3) is 0.130. The molecule has 0 saturated carbocycles.